The highest BCUT2D eigenvalue weighted by molar-refractivity contribution is 5.77. The molecule has 2 rings (SSSR count). The molecule has 1 fully saturated rings. The van der Waals surface area contributed by atoms with Crippen LogP contribution in [0.1, 0.15) is 55.5 Å². The molecule has 1 amide bonds. The first-order valence-corrected chi connectivity index (χ1v) is 7.41. The summed E-state index contributed by atoms with van der Waals surface area (Å²) < 4.78 is 5.10. The first kappa shape index (κ1) is 15.0. The lowest BCUT2D eigenvalue weighted by Gasteiger charge is -2.21. The van der Waals surface area contributed by atoms with E-state index in [1.807, 2.05) is 13.8 Å². The molecule has 1 aromatic heterocycles. The molecule has 5 nitrogen and oxygen atoms in total. The van der Waals surface area contributed by atoms with Crippen LogP contribution in [0, 0.1) is 13.8 Å². The van der Waals surface area contributed by atoms with Crippen molar-refractivity contribution < 1.29 is 14.4 Å². The van der Waals surface area contributed by atoms with Crippen molar-refractivity contribution in [3.05, 3.63) is 17.0 Å². The molecule has 20 heavy (non-hydrogen) atoms. The summed E-state index contributed by atoms with van der Waals surface area (Å²) in [4.78, 5) is 11.8. The minimum Gasteiger partial charge on any atom is -0.389 e. The zero-order valence-electron chi connectivity index (χ0n) is 12.4. The Balaban J connectivity index is 1.67. The first-order valence-electron chi connectivity index (χ1n) is 7.41. The fourth-order valence-corrected chi connectivity index (χ4v) is 2.92. The van der Waals surface area contributed by atoms with Gasteiger partial charge >= 0.3 is 0 Å². The van der Waals surface area contributed by atoms with Gasteiger partial charge in [-0.1, -0.05) is 18.0 Å². The summed E-state index contributed by atoms with van der Waals surface area (Å²) in [6.07, 6.45) is 5.49. The van der Waals surface area contributed by atoms with E-state index in [2.05, 4.69) is 10.5 Å². The molecule has 0 aliphatic heterocycles. The standard InChI is InChI=1S/C15H24N2O3/c1-11-13(12(2)20-17-11)6-5-9-16-14(18)10-15(19)7-3-4-8-15/h19H,3-10H2,1-2H3,(H,16,18). The fraction of sp³-hybridized carbons (Fsp3) is 0.733. The summed E-state index contributed by atoms with van der Waals surface area (Å²) in [6, 6.07) is 0. The van der Waals surface area contributed by atoms with E-state index in [1.54, 1.807) is 0 Å². The fourth-order valence-electron chi connectivity index (χ4n) is 2.92. The Labute approximate surface area is 119 Å². The van der Waals surface area contributed by atoms with Crippen molar-refractivity contribution in [1.29, 1.82) is 0 Å². The number of rotatable bonds is 6. The van der Waals surface area contributed by atoms with E-state index in [0.717, 1.165) is 55.5 Å². The third kappa shape index (κ3) is 3.82. The lowest BCUT2D eigenvalue weighted by Crippen LogP contribution is -2.35. The average Bonchev–Trinajstić information content (AvgIpc) is 2.94. The Morgan fingerprint density at radius 1 is 1.40 bits per heavy atom. The number of nitrogens with zero attached hydrogens (tertiary/aromatic N) is 1. The Bertz CT molecular complexity index is 442. The van der Waals surface area contributed by atoms with Crippen LogP contribution in [-0.4, -0.2) is 28.3 Å². The van der Waals surface area contributed by atoms with E-state index in [0.29, 0.717) is 6.54 Å². The van der Waals surface area contributed by atoms with Crippen molar-refractivity contribution >= 4 is 5.91 Å². The first-order chi connectivity index (χ1) is 9.50. The molecule has 1 aliphatic carbocycles. The number of hydrogen-bond donors (Lipinski definition) is 2. The Morgan fingerprint density at radius 3 is 2.70 bits per heavy atom. The number of hydrogen-bond acceptors (Lipinski definition) is 4. The van der Waals surface area contributed by atoms with Crippen LogP contribution in [0.5, 0.6) is 0 Å². The maximum Gasteiger partial charge on any atom is 0.222 e. The molecule has 0 spiro atoms. The van der Waals surface area contributed by atoms with Gasteiger partial charge in [-0.3, -0.25) is 4.79 Å². The smallest absolute Gasteiger partial charge is 0.222 e. The minimum atomic E-state index is -0.758. The molecule has 5 heteroatoms. The molecule has 1 saturated carbocycles. The Morgan fingerprint density at radius 2 is 2.10 bits per heavy atom. The summed E-state index contributed by atoms with van der Waals surface area (Å²) in [5.41, 5.74) is 1.30. The molecule has 1 aromatic rings. The molecule has 112 valence electrons. The number of carbonyl (C=O) groups excluding carboxylic acids is 1. The monoisotopic (exact) mass is 280 g/mol. The van der Waals surface area contributed by atoms with E-state index in [4.69, 9.17) is 4.52 Å². The van der Waals surface area contributed by atoms with Gasteiger partial charge in [-0.2, -0.15) is 0 Å². The Hall–Kier alpha value is -1.36. The lowest BCUT2D eigenvalue weighted by atomic mass is 9.97. The highest BCUT2D eigenvalue weighted by Crippen LogP contribution is 2.32. The van der Waals surface area contributed by atoms with Crippen LogP contribution in [0.3, 0.4) is 0 Å². The van der Waals surface area contributed by atoms with Crippen LogP contribution in [0.4, 0.5) is 0 Å². The molecule has 0 unspecified atom stereocenters. The van der Waals surface area contributed by atoms with Crippen molar-refractivity contribution in [3.63, 3.8) is 0 Å². The Kier molecular flexibility index (Phi) is 4.81. The largest absolute Gasteiger partial charge is 0.389 e. The molecule has 0 saturated heterocycles. The molecule has 0 radical (unpaired) electrons. The molecule has 1 aliphatic rings. The normalized spacial score (nSPS) is 17.4. The van der Waals surface area contributed by atoms with E-state index in [1.165, 1.54) is 0 Å². The second-order valence-corrected chi connectivity index (χ2v) is 5.86. The minimum absolute atomic E-state index is 0.0480. The summed E-state index contributed by atoms with van der Waals surface area (Å²) in [6.45, 7) is 4.46. The van der Waals surface area contributed by atoms with Crippen molar-refractivity contribution in [2.75, 3.05) is 6.54 Å². The zero-order chi connectivity index (χ0) is 14.6. The van der Waals surface area contributed by atoms with Gasteiger partial charge < -0.3 is 14.9 Å². The van der Waals surface area contributed by atoms with Gasteiger partial charge in [-0.05, 0) is 39.5 Å². The van der Waals surface area contributed by atoms with E-state index in [-0.39, 0.29) is 12.3 Å². The molecule has 1 heterocycles. The van der Waals surface area contributed by atoms with Crippen LogP contribution in [0.15, 0.2) is 4.52 Å². The van der Waals surface area contributed by atoms with Gasteiger partial charge in [0.25, 0.3) is 0 Å². The van der Waals surface area contributed by atoms with Gasteiger partial charge in [0.15, 0.2) is 0 Å². The van der Waals surface area contributed by atoms with Crippen LogP contribution in [-0.2, 0) is 11.2 Å². The number of aliphatic hydroxyl groups is 1. The number of amides is 1. The van der Waals surface area contributed by atoms with E-state index in [9.17, 15) is 9.90 Å². The van der Waals surface area contributed by atoms with Crippen molar-refractivity contribution in [2.24, 2.45) is 0 Å². The van der Waals surface area contributed by atoms with Gasteiger partial charge in [0.2, 0.25) is 5.91 Å². The van der Waals surface area contributed by atoms with Crippen LogP contribution in [0.2, 0.25) is 0 Å². The van der Waals surface area contributed by atoms with E-state index < -0.39 is 5.60 Å². The third-order valence-electron chi connectivity index (χ3n) is 4.13. The highest BCUT2D eigenvalue weighted by atomic mass is 16.5. The van der Waals surface area contributed by atoms with Crippen LogP contribution in [0.25, 0.3) is 0 Å². The van der Waals surface area contributed by atoms with Gasteiger partial charge in [0, 0.05) is 12.1 Å². The van der Waals surface area contributed by atoms with Crippen LogP contribution < -0.4 is 5.32 Å². The van der Waals surface area contributed by atoms with Gasteiger partial charge in [-0.25, -0.2) is 0 Å². The summed E-state index contributed by atoms with van der Waals surface area (Å²) >= 11 is 0. The highest BCUT2D eigenvalue weighted by Gasteiger charge is 2.33. The quantitative estimate of drug-likeness (QED) is 0.782. The number of nitrogens with one attached hydrogen (secondary N) is 1. The maximum absolute atomic E-state index is 11.8. The second kappa shape index (κ2) is 6.39. The summed E-state index contributed by atoms with van der Waals surface area (Å²) in [5, 5.41) is 17.0. The topological polar surface area (TPSA) is 75.4 Å². The van der Waals surface area contributed by atoms with Crippen LogP contribution >= 0.6 is 0 Å². The van der Waals surface area contributed by atoms with Crippen molar-refractivity contribution in [1.82, 2.24) is 10.5 Å². The summed E-state index contributed by atoms with van der Waals surface area (Å²) in [7, 11) is 0. The zero-order valence-corrected chi connectivity index (χ0v) is 12.4. The third-order valence-corrected chi connectivity index (χ3v) is 4.13. The molecule has 2 N–H and O–H groups in total. The SMILES string of the molecule is Cc1noc(C)c1CCCNC(=O)CC1(O)CCCC1. The molecule has 0 bridgehead atoms. The summed E-state index contributed by atoms with van der Waals surface area (Å²) in [5.74, 6) is 0.808. The van der Waals surface area contributed by atoms with Gasteiger partial charge in [-0.15, -0.1) is 0 Å². The average molecular weight is 280 g/mol. The van der Waals surface area contributed by atoms with Crippen molar-refractivity contribution in [3.8, 4) is 0 Å². The molecular formula is C15H24N2O3. The van der Waals surface area contributed by atoms with Gasteiger partial charge in [0.1, 0.15) is 5.76 Å². The molecule has 0 atom stereocenters. The molecular weight excluding hydrogens is 256 g/mol. The predicted molar refractivity (Wildman–Crippen MR) is 75.3 cm³/mol. The molecule has 0 aromatic carbocycles. The van der Waals surface area contributed by atoms with Gasteiger partial charge in [0.05, 0.1) is 17.7 Å². The maximum atomic E-state index is 11.8. The number of carbonyl (C=O) groups is 1. The lowest BCUT2D eigenvalue weighted by molar-refractivity contribution is -0.125. The van der Waals surface area contributed by atoms with Crippen molar-refractivity contribution in [2.45, 2.75) is 64.4 Å². The number of aromatic nitrogens is 1. The second-order valence-electron chi connectivity index (χ2n) is 5.86. The van der Waals surface area contributed by atoms with E-state index >= 15 is 0 Å². The predicted octanol–water partition coefficient (Wildman–Crippen LogP) is 2.04. The number of aryl methyl sites for hydroxylation is 2.